The van der Waals surface area contributed by atoms with Crippen LogP contribution >= 0.6 is 0 Å². The van der Waals surface area contributed by atoms with E-state index in [2.05, 4.69) is 20.7 Å². The molecular weight excluding hydrogens is 268 g/mol. The summed E-state index contributed by atoms with van der Waals surface area (Å²) in [6.45, 7) is 1.87. The fourth-order valence-electron chi connectivity index (χ4n) is 1.98. The summed E-state index contributed by atoms with van der Waals surface area (Å²) in [7, 11) is 0. The lowest BCUT2D eigenvalue weighted by molar-refractivity contribution is 0.0902. The fraction of sp³-hybridized carbons (Fsp3) is 0.133. The summed E-state index contributed by atoms with van der Waals surface area (Å²) in [4.78, 5) is 12.1. The van der Waals surface area contributed by atoms with Crippen molar-refractivity contribution >= 4 is 5.91 Å². The molecule has 6 heteroatoms. The van der Waals surface area contributed by atoms with Crippen LogP contribution in [0.1, 0.15) is 29.1 Å². The lowest BCUT2D eigenvalue weighted by Gasteiger charge is -2.09. The van der Waals surface area contributed by atoms with Crippen molar-refractivity contribution < 1.29 is 9.32 Å². The lowest BCUT2D eigenvalue weighted by Crippen LogP contribution is -2.25. The molecule has 0 aliphatic carbocycles. The molecule has 1 atom stereocenters. The van der Waals surface area contributed by atoms with Crippen molar-refractivity contribution in [1.29, 1.82) is 0 Å². The second-order valence-corrected chi connectivity index (χ2v) is 4.67. The van der Waals surface area contributed by atoms with E-state index in [1.165, 1.54) is 0 Å². The van der Waals surface area contributed by atoms with Gasteiger partial charge in [0, 0.05) is 23.4 Å². The number of amides is 1. The van der Waals surface area contributed by atoms with Crippen LogP contribution in [0.25, 0.3) is 11.3 Å². The predicted molar refractivity (Wildman–Crippen MR) is 76.4 cm³/mol. The fourth-order valence-corrected chi connectivity index (χ4v) is 1.98. The summed E-state index contributed by atoms with van der Waals surface area (Å²) >= 11 is 0. The molecule has 0 spiro atoms. The zero-order valence-electron chi connectivity index (χ0n) is 11.4. The number of benzene rings is 1. The Kier molecular flexibility index (Phi) is 3.51. The predicted octanol–water partition coefficient (Wildman–Crippen LogP) is 2.56. The Labute approximate surface area is 121 Å². The molecule has 1 unspecified atom stereocenters. The monoisotopic (exact) mass is 282 g/mol. The molecule has 21 heavy (non-hydrogen) atoms. The Morgan fingerprint density at radius 1 is 1.33 bits per heavy atom. The number of nitrogens with one attached hydrogen (secondary N) is 2. The normalized spacial score (nSPS) is 12.0. The lowest BCUT2D eigenvalue weighted by atomic mass is 10.1. The molecule has 0 aliphatic rings. The summed E-state index contributed by atoms with van der Waals surface area (Å²) in [6.07, 6.45) is 3.40. The number of carbonyl (C=O) groups is 1. The van der Waals surface area contributed by atoms with Crippen LogP contribution in [0.4, 0.5) is 0 Å². The van der Waals surface area contributed by atoms with Crippen LogP contribution in [-0.2, 0) is 0 Å². The van der Waals surface area contributed by atoms with Crippen molar-refractivity contribution in [3.8, 4) is 11.3 Å². The molecule has 3 aromatic rings. The Balaban J connectivity index is 1.73. The Morgan fingerprint density at radius 3 is 2.86 bits per heavy atom. The van der Waals surface area contributed by atoms with Crippen molar-refractivity contribution in [3.05, 3.63) is 60.1 Å². The largest absolute Gasteiger partial charge is 0.350 e. The molecule has 0 saturated heterocycles. The number of hydrogen-bond acceptors (Lipinski definition) is 4. The first kappa shape index (κ1) is 13.1. The Morgan fingerprint density at radius 2 is 2.14 bits per heavy atom. The number of rotatable bonds is 4. The highest BCUT2D eigenvalue weighted by Crippen LogP contribution is 2.19. The first-order valence-electron chi connectivity index (χ1n) is 6.55. The standard InChI is InChI=1S/C15H14N4O2/c1-10(12-8-16-17-9-12)18-15(20)14-7-13(19-21-14)11-5-3-2-4-6-11/h2-10H,1H3,(H,16,17)(H,18,20). The van der Waals surface area contributed by atoms with Crippen molar-refractivity contribution in [2.45, 2.75) is 13.0 Å². The van der Waals surface area contributed by atoms with Crippen LogP contribution in [0.2, 0.25) is 0 Å². The van der Waals surface area contributed by atoms with Crippen molar-refractivity contribution in [3.63, 3.8) is 0 Å². The molecule has 106 valence electrons. The molecule has 2 N–H and O–H groups in total. The van der Waals surface area contributed by atoms with Gasteiger partial charge in [0.1, 0.15) is 5.69 Å². The maximum Gasteiger partial charge on any atom is 0.290 e. The molecule has 0 saturated carbocycles. The maximum atomic E-state index is 12.1. The van der Waals surface area contributed by atoms with E-state index in [1.54, 1.807) is 18.5 Å². The number of hydrogen-bond donors (Lipinski definition) is 2. The number of aromatic nitrogens is 3. The van der Waals surface area contributed by atoms with E-state index < -0.39 is 0 Å². The van der Waals surface area contributed by atoms with E-state index >= 15 is 0 Å². The molecule has 1 aromatic carbocycles. The van der Waals surface area contributed by atoms with Gasteiger partial charge in [-0.05, 0) is 6.92 Å². The van der Waals surface area contributed by atoms with E-state index in [0.717, 1.165) is 11.1 Å². The van der Waals surface area contributed by atoms with Crippen molar-refractivity contribution in [2.24, 2.45) is 0 Å². The second kappa shape index (κ2) is 5.62. The minimum absolute atomic E-state index is 0.165. The van der Waals surface area contributed by atoms with Crippen molar-refractivity contribution in [2.75, 3.05) is 0 Å². The maximum absolute atomic E-state index is 12.1. The average Bonchev–Trinajstić information content (AvgIpc) is 3.20. The quantitative estimate of drug-likeness (QED) is 0.770. The summed E-state index contributed by atoms with van der Waals surface area (Å²) < 4.78 is 5.11. The summed E-state index contributed by atoms with van der Waals surface area (Å²) in [5, 5.41) is 13.3. The third-order valence-corrected chi connectivity index (χ3v) is 3.17. The highest BCUT2D eigenvalue weighted by molar-refractivity contribution is 5.92. The molecular formula is C15H14N4O2. The van der Waals surface area contributed by atoms with Gasteiger partial charge in [-0.3, -0.25) is 9.89 Å². The molecule has 2 heterocycles. The van der Waals surface area contributed by atoms with Gasteiger partial charge >= 0.3 is 0 Å². The van der Waals surface area contributed by atoms with Gasteiger partial charge in [-0.25, -0.2) is 0 Å². The van der Waals surface area contributed by atoms with E-state index in [-0.39, 0.29) is 17.7 Å². The summed E-state index contributed by atoms with van der Waals surface area (Å²) in [5.74, 6) is -0.123. The zero-order valence-corrected chi connectivity index (χ0v) is 11.4. The number of H-pyrrole nitrogens is 1. The Bertz CT molecular complexity index is 719. The summed E-state index contributed by atoms with van der Waals surface area (Å²) in [5.41, 5.74) is 2.44. The van der Waals surface area contributed by atoms with Gasteiger partial charge in [0.2, 0.25) is 5.76 Å². The molecule has 6 nitrogen and oxygen atoms in total. The molecule has 0 bridgehead atoms. The zero-order chi connectivity index (χ0) is 14.7. The van der Waals surface area contributed by atoms with Gasteiger partial charge in [0.05, 0.1) is 12.2 Å². The number of nitrogens with zero attached hydrogens (tertiary/aromatic N) is 2. The number of carbonyl (C=O) groups excluding carboxylic acids is 1. The van der Waals surface area contributed by atoms with E-state index in [4.69, 9.17) is 4.52 Å². The molecule has 1 amide bonds. The van der Waals surface area contributed by atoms with E-state index in [9.17, 15) is 4.79 Å². The van der Waals surface area contributed by atoms with Crippen LogP contribution in [-0.4, -0.2) is 21.3 Å². The van der Waals surface area contributed by atoms with Gasteiger partial charge < -0.3 is 9.84 Å². The van der Waals surface area contributed by atoms with Gasteiger partial charge in [0.25, 0.3) is 5.91 Å². The van der Waals surface area contributed by atoms with Gasteiger partial charge in [0.15, 0.2) is 0 Å². The third kappa shape index (κ3) is 2.84. The van der Waals surface area contributed by atoms with E-state index in [1.807, 2.05) is 37.3 Å². The SMILES string of the molecule is CC(NC(=O)c1cc(-c2ccccc2)no1)c1cn[nH]c1. The smallest absolute Gasteiger partial charge is 0.290 e. The van der Waals surface area contributed by atoms with Gasteiger partial charge in [-0.1, -0.05) is 35.5 Å². The Hall–Kier alpha value is -2.89. The van der Waals surface area contributed by atoms with Crippen LogP contribution in [0.15, 0.2) is 53.3 Å². The van der Waals surface area contributed by atoms with Crippen LogP contribution in [0, 0.1) is 0 Å². The third-order valence-electron chi connectivity index (χ3n) is 3.17. The second-order valence-electron chi connectivity index (χ2n) is 4.67. The van der Waals surface area contributed by atoms with Crippen molar-refractivity contribution in [1.82, 2.24) is 20.7 Å². The first-order valence-corrected chi connectivity index (χ1v) is 6.55. The van der Waals surface area contributed by atoms with Crippen LogP contribution in [0.5, 0.6) is 0 Å². The first-order chi connectivity index (χ1) is 10.2. The minimum atomic E-state index is -0.307. The highest BCUT2D eigenvalue weighted by Gasteiger charge is 2.17. The molecule has 0 aliphatic heterocycles. The summed E-state index contributed by atoms with van der Waals surface area (Å²) in [6, 6.07) is 11.0. The van der Waals surface area contributed by atoms with Gasteiger partial charge in [-0.2, -0.15) is 5.10 Å². The minimum Gasteiger partial charge on any atom is -0.350 e. The topological polar surface area (TPSA) is 83.8 Å². The number of aromatic amines is 1. The average molecular weight is 282 g/mol. The van der Waals surface area contributed by atoms with Crippen LogP contribution in [0.3, 0.4) is 0 Å². The molecule has 2 aromatic heterocycles. The van der Waals surface area contributed by atoms with E-state index in [0.29, 0.717) is 5.69 Å². The molecule has 0 radical (unpaired) electrons. The molecule has 3 rings (SSSR count). The van der Waals surface area contributed by atoms with Crippen LogP contribution < -0.4 is 5.32 Å². The highest BCUT2D eigenvalue weighted by atomic mass is 16.5. The van der Waals surface area contributed by atoms with Gasteiger partial charge in [-0.15, -0.1) is 0 Å². The molecule has 0 fully saturated rings.